The maximum Gasteiger partial charge on any atom is 0.251 e. The molecule has 0 radical (unpaired) electrons. The molecule has 1 saturated heterocycles. The molecule has 2 fully saturated rings. The van der Waals surface area contributed by atoms with E-state index in [9.17, 15) is 10.1 Å². The van der Waals surface area contributed by atoms with Gasteiger partial charge in [-0.1, -0.05) is 6.07 Å². The zero-order valence-electron chi connectivity index (χ0n) is 17.0. The number of carbonyl (C=O) groups is 1. The fourth-order valence-electron chi connectivity index (χ4n) is 3.66. The van der Waals surface area contributed by atoms with Gasteiger partial charge in [0.05, 0.1) is 11.9 Å². The van der Waals surface area contributed by atoms with Gasteiger partial charge in [0.2, 0.25) is 0 Å². The van der Waals surface area contributed by atoms with Crippen molar-refractivity contribution < 1.29 is 9.53 Å². The third kappa shape index (κ3) is 4.29. The molecular weight excluding hydrogens is 394 g/mol. The van der Waals surface area contributed by atoms with Crippen LogP contribution in [0.4, 0.5) is 17.2 Å². The van der Waals surface area contributed by atoms with E-state index in [1.54, 1.807) is 12.1 Å². The normalized spacial score (nSPS) is 16.6. The Hall–Kier alpha value is -3.64. The Morgan fingerprint density at radius 2 is 2.00 bits per heavy atom. The molecule has 0 spiro atoms. The first kappa shape index (κ1) is 19.3. The number of anilines is 3. The van der Waals surface area contributed by atoms with Crippen molar-refractivity contribution in [3.8, 4) is 6.07 Å². The molecule has 5 rings (SSSR count). The van der Waals surface area contributed by atoms with Crippen LogP contribution in [-0.2, 0) is 4.74 Å². The van der Waals surface area contributed by atoms with Gasteiger partial charge in [0.15, 0.2) is 17.2 Å². The zero-order chi connectivity index (χ0) is 21.2. The fraction of sp³-hybridized carbons (Fsp3) is 0.364. The number of aromatic nitrogens is 3. The minimum absolute atomic E-state index is 0.101. The van der Waals surface area contributed by atoms with Gasteiger partial charge in [0.1, 0.15) is 6.07 Å². The van der Waals surface area contributed by atoms with Gasteiger partial charge in [-0.15, -0.1) is 5.10 Å². The first-order chi connectivity index (χ1) is 15.2. The van der Waals surface area contributed by atoms with Crippen LogP contribution in [0.5, 0.6) is 0 Å². The minimum Gasteiger partial charge on any atom is -0.381 e. The molecule has 1 saturated carbocycles. The van der Waals surface area contributed by atoms with Crippen LogP contribution in [0.1, 0.15) is 41.7 Å². The molecule has 2 aliphatic rings. The van der Waals surface area contributed by atoms with Crippen molar-refractivity contribution >= 4 is 28.7 Å². The number of imidazole rings is 1. The van der Waals surface area contributed by atoms with Crippen LogP contribution in [0.2, 0.25) is 0 Å². The van der Waals surface area contributed by atoms with Gasteiger partial charge in [-0.25, -0.2) is 4.98 Å². The van der Waals surface area contributed by atoms with E-state index < -0.39 is 0 Å². The van der Waals surface area contributed by atoms with Crippen molar-refractivity contribution in [2.24, 2.45) is 0 Å². The van der Waals surface area contributed by atoms with E-state index in [1.807, 2.05) is 18.2 Å². The van der Waals surface area contributed by atoms with Crippen LogP contribution in [0.25, 0.3) is 5.65 Å². The Labute approximate surface area is 179 Å². The largest absolute Gasteiger partial charge is 0.381 e. The predicted octanol–water partition coefficient (Wildman–Crippen LogP) is 2.83. The number of nitrogens with zero attached hydrogens (tertiary/aromatic N) is 4. The summed E-state index contributed by atoms with van der Waals surface area (Å²) in [6.07, 6.45) is 5.42. The van der Waals surface area contributed by atoms with E-state index in [-0.39, 0.29) is 11.9 Å². The summed E-state index contributed by atoms with van der Waals surface area (Å²) >= 11 is 0. The molecular formula is C22H23N7O2. The van der Waals surface area contributed by atoms with E-state index in [2.05, 4.69) is 32.1 Å². The van der Waals surface area contributed by atoms with Crippen molar-refractivity contribution in [3.05, 3.63) is 47.8 Å². The third-order valence-electron chi connectivity index (χ3n) is 5.47. The predicted molar refractivity (Wildman–Crippen MR) is 115 cm³/mol. The first-order valence-corrected chi connectivity index (χ1v) is 10.5. The molecule has 9 heteroatoms. The number of ether oxygens (including phenoxy) is 1. The number of nitrogens with one attached hydrogen (secondary N) is 3. The van der Waals surface area contributed by atoms with E-state index in [1.165, 1.54) is 10.7 Å². The number of hydrogen-bond donors (Lipinski definition) is 3. The standard InChI is InChI=1S/C22H23N7O2/c23-12-18-13-24-21-19(25-15-4-5-15)11-20(28-29(18)21)26-17-3-1-2-14(10-17)22(30)27-16-6-8-31-9-7-16/h1-3,10-11,13,15-16,25H,4-9H2,(H,26,28)(H,27,30). The van der Waals surface area contributed by atoms with Crippen molar-refractivity contribution in [1.29, 1.82) is 5.26 Å². The van der Waals surface area contributed by atoms with Crippen molar-refractivity contribution in [2.75, 3.05) is 23.8 Å². The molecule has 9 nitrogen and oxygen atoms in total. The lowest BCUT2D eigenvalue weighted by Gasteiger charge is -2.23. The number of hydrogen-bond acceptors (Lipinski definition) is 7. The molecule has 3 N–H and O–H groups in total. The highest BCUT2D eigenvalue weighted by molar-refractivity contribution is 5.95. The van der Waals surface area contributed by atoms with Gasteiger partial charge >= 0.3 is 0 Å². The molecule has 1 amide bonds. The highest BCUT2D eigenvalue weighted by atomic mass is 16.5. The summed E-state index contributed by atoms with van der Waals surface area (Å²) in [5, 5.41) is 23.7. The summed E-state index contributed by atoms with van der Waals surface area (Å²) in [5.41, 5.74) is 3.13. The average molecular weight is 417 g/mol. The SMILES string of the molecule is N#Cc1cnc2c(NC3CC3)cc(Nc3cccc(C(=O)NC4CCOCC4)c3)nn12. The monoisotopic (exact) mass is 417 g/mol. The molecule has 158 valence electrons. The Kier molecular flexibility index (Phi) is 5.14. The molecule has 3 heterocycles. The topological polar surface area (TPSA) is 116 Å². The summed E-state index contributed by atoms with van der Waals surface area (Å²) in [4.78, 5) is 17.0. The Balaban J connectivity index is 1.38. The third-order valence-corrected chi connectivity index (χ3v) is 5.47. The van der Waals surface area contributed by atoms with Gasteiger partial charge in [-0.05, 0) is 43.9 Å². The highest BCUT2D eigenvalue weighted by Gasteiger charge is 2.23. The van der Waals surface area contributed by atoms with Crippen molar-refractivity contribution in [1.82, 2.24) is 19.9 Å². The lowest BCUT2D eigenvalue weighted by molar-refractivity contribution is 0.0696. The highest BCUT2D eigenvalue weighted by Crippen LogP contribution is 2.29. The quantitative estimate of drug-likeness (QED) is 0.565. The molecule has 0 atom stereocenters. The molecule has 2 aromatic heterocycles. The lowest BCUT2D eigenvalue weighted by atomic mass is 10.1. The van der Waals surface area contributed by atoms with Crippen LogP contribution >= 0.6 is 0 Å². The average Bonchev–Trinajstić information content (AvgIpc) is 3.51. The molecule has 0 bridgehead atoms. The first-order valence-electron chi connectivity index (χ1n) is 10.5. The number of amides is 1. The van der Waals surface area contributed by atoms with Gasteiger partial charge in [0.25, 0.3) is 5.91 Å². The Morgan fingerprint density at radius 1 is 1.16 bits per heavy atom. The van der Waals surface area contributed by atoms with Crippen molar-refractivity contribution in [2.45, 2.75) is 37.8 Å². The van der Waals surface area contributed by atoms with Gasteiger partial charge in [0, 0.05) is 42.6 Å². The van der Waals surface area contributed by atoms with E-state index in [0.29, 0.717) is 42.0 Å². The minimum atomic E-state index is -0.101. The molecule has 3 aromatic rings. The second kappa shape index (κ2) is 8.24. The summed E-state index contributed by atoms with van der Waals surface area (Å²) in [6.45, 7) is 1.35. The number of nitriles is 1. The lowest BCUT2D eigenvalue weighted by Crippen LogP contribution is -2.38. The summed E-state index contributed by atoms with van der Waals surface area (Å²) in [7, 11) is 0. The number of fused-ring (bicyclic) bond motifs is 1. The fourth-order valence-corrected chi connectivity index (χ4v) is 3.66. The van der Waals surface area contributed by atoms with Crippen LogP contribution < -0.4 is 16.0 Å². The van der Waals surface area contributed by atoms with Crippen LogP contribution in [0.15, 0.2) is 36.5 Å². The van der Waals surface area contributed by atoms with Crippen LogP contribution in [0.3, 0.4) is 0 Å². The van der Waals surface area contributed by atoms with E-state index in [0.717, 1.165) is 37.1 Å². The smallest absolute Gasteiger partial charge is 0.251 e. The number of benzene rings is 1. The maximum atomic E-state index is 12.7. The van der Waals surface area contributed by atoms with Crippen LogP contribution in [-0.4, -0.2) is 45.8 Å². The van der Waals surface area contributed by atoms with Crippen LogP contribution in [0, 0.1) is 11.3 Å². The second-order valence-corrected chi connectivity index (χ2v) is 7.92. The van der Waals surface area contributed by atoms with Gasteiger partial charge in [-0.3, -0.25) is 4.79 Å². The zero-order valence-corrected chi connectivity index (χ0v) is 17.0. The summed E-state index contributed by atoms with van der Waals surface area (Å²) < 4.78 is 6.89. The molecule has 31 heavy (non-hydrogen) atoms. The number of carbonyl (C=O) groups excluding carboxylic acids is 1. The van der Waals surface area contributed by atoms with Gasteiger partial charge < -0.3 is 20.7 Å². The van der Waals surface area contributed by atoms with Crippen molar-refractivity contribution in [3.63, 3.8) is 0 Å². The molecule has 1 aromatic carbocycles. The maximum absolute atomic E-state index is 12.7. The van der Waals surface area contributed by atoms with E-state index in [4.69, 9.17) is 4.74 Å². The summed E-state index contributed by atoms with van der Waals surface area (Å²) in [6, 6.07) is 11.9. The Bertz CT molecular complexity index is 1160. The summed E-state index contributed by atoms with van der Waals surface area (Å²) in [5.74, 6) is 0.462. The molecule has 1 aliphatic carbocycles. The van der Waals surface area contributed by atoms with E-state index >= 15 is 0 Å². The number of rotatable bonds is 6. The Morgan fingerprint density at radius 3 is 2.77 bits per heavy atom. The molecule has 1 aliphatic heterocycles. The molecule has 0 unspecified atom stereocenters. The second-order valence-electron chi connectivity index (χ2n) is 7.92. The van der Waals surface area contributed by atoms with Gasteiger partial charge in [-0.2, -0.15) is 9.78 Å².